The van der Waals surface area contributed by atoms with Gasteiger partial charge in [0.25, 0.3) is 5.91 Å². The van der Waals surface area contributed by atoms with E-state index in [1.165, 1.54) is 6.33 Å². The maximum atomic E-state index is 13.4. The first kappa shape index (κ1) is 25.2. The van der Waals surface area contributed by atoms with Gasteiger partial charge in [0.1, 0.15) is 12.0 Å². The predicted molar refractivity (Wildman–Crippen MR) is 145 cm³/mol. The van der Waals surface area contributed by atoms with E-state index in [0.29, 0.717) is 24.3 Å². The molecule has 8 nitrogen and oxygen atoms in total. The van der Waals surface area contributed by atoms with Gasteiger partial charge in [-0.25, -0.2) is 9.67 Å². The second-order valence-corrected chi connectivity index (χ2v) is 9.39. The molecule has 1 amide bonds. The van der Waals surface area contributed by atoms with E-state index in [4.69, 9.17) is 11.6 Å². The molecule has 0 bridgehead atoms. The van der Waals surface area contributed by atoms with Gasteiger partial charge < -0.3 is 5.32 Å². The molecular weight excluding hydrogens is 500 g/mol. The van der Waals surface area contributed by atoms with E-state index in [2.05, 4.69) is 25.8 Å². The molecule has 0 saturated heterocycles. The number of hydrogen-bond acceptors (Lipinski definition) is 6. The van der Waals surface area contributed by atoms with Crippen LogP contribution in [0.5, 0.6) is 0 Å². The van der Waals surface area contributed by atoms with Gasteiger partial charge in [-0.15, -0.1) is 5.10 Å². The van der Waals surface area contributed by atoms with Gasteiger partial charge in [-0.2, -0.15) is 0 Å². The molecule has 1 atom stereocenters. The Balaban J connectivity index is 1.30. The molecule has 0 aliphatic rings. The van der Waals surface area contributed by atoms with Crippen LogP contribution in [0.2, 0.25) is 5.02 Å². The van der Waals surface area contributed by atoms with Crippen LogP contribution in [0.4, 0.5) is 0 Å². The molecule has 38 heavy (non-hydrogen) atoms. The van der Waals surface area contributed by atoms with E-state index in [9.17, 15) is 9.59 Å². The van der Waals surface area contributed by atoms with Gasteiger partial charge in [0.15, 0.2) is 5.78 Å². The maximum absolute atomic E-state index is 13.4. The van der Waals surface area contributed by atoms with E-state index in [1.54, 1.807) is 16.8 Å². The van der Waals surface area contributed by atoms with Crippen LogP contribution >= 0.6 is 11.6 Å². The van der Waals surface area contributed by atoms with Gasteiger partial charge in [-0.05, 0) is 71.1 Å². The number of benzene rings is 3. The third-order valence-corrected chi connectivity index (χ3v) is 6.55. The third kappa shape index (κ3) is 6.10. The summed E-state index contributed by atoms with van der Waals surface area (Å²) in [6, 6.07) is 25.6. The summed E-state index contributed by atoms with van der Waals surface area (Å²) < 4.78 is 1.57. The Kier molecular flexibility index (Phi) is 7.80. The summed E-state index contributed by atoms with van der Waals surface area (Å²) in [5.41, 5.74) is 3.71. The Morgan fingerprint density at radius 3 is 2.58 bits per heavy atom. The van der Waals surface area contributed by atoms with Gasteiger partial charge in [0.05, 0.1) is 17.2 Å². The maximum Gasteiger partial charge on any atom is 0.270 e. The molecule has 0 unspecified atom stereocenters. The molecule has 9 heteroatoms. The zero-order valence-corrected chi connectivity index (χ0v) is 21.3. The molecule has 2 heterocycles. The summed E-state index contributed by atoms with van der Waals surface area (Å²) in [7, 11) is 0. The van der Waals surface area contributed by atoms with Crippen LogP contribution in [-0.4, -0.2) is 42.9 Å². The molecule has 0 aliphatic heterocycles. The highest BCUT2D eigenvalue weighted by Crippen LogP contribution is 2.21. The van der Waals surface area contributed by atoms with E-state index in [0.717, 1.165) is 27.7 Å². The summed E-state index contributed by atoms with van der Waals surface area (Å²) in [5.74, 6) is -0.421. The second-order valence-electron chi connectivity index (χ2n) is 8.95. The minimum Gasteiger partial charge on any atom is -0.341 e. The highest BCUT2D eigenvalue weighted by atomic mass is 35.5. The number of halogens is 1. The molecule has 0 spiro atoms. The lowest BCUT2D eigenvalue weighted by Gasteiger charge is -2.18. The van der Waals surface area contributed by atoms with Crippen molar-refractivity contribution in [3.8, 4) is 5.69 Å². The number of aryl methyl sites for hydroxylation is 1. The number of fused-ring (bicyclic) bond motifs is 1. The Morgan fingerprint density at radius 2 is 1.76 bits per heavy atom. The van der Waals surface area contributed by atoms with Crippen molar-refractivity contribution in [2.24, 2.45) is 0 Å². The van der Waals surface area contributed by atoms with Crippen LogP contribution in [0.3, 0.4) is 0 Å². The summed E-state index contributed by atoms with van der Waals surface area (Å²) in [6.45, 7) is 0. The smallest absolute Gasteiger partial charge is 0.270 e. The third-order valence-electron chi connectivity index (χ3n) is 6.31. The van der Waals surface area contributed by atoms with Gasteiger partial charge in [0, 0.05) is 16.8 Å². The zero-order valence-electron chi connectivity index (χ0n) is 20.5. The largest absolute Gasteiger partial charge is 0.341 e. The zero-order chi connectivity index (χ0) is 26.3. The number of nitrogens with one attached hydrogen (secondary N) is 1. The number of aromatic nitrogens is 5. The van der Waals surface area contributed by atoms with Crippen molar-refractivity contribution >= 4 is 34.2 Å². The van der Waals surface area contributed by atoms with Crippen LogP contribution in [0.1, 0.15) is 34.5 Å². The average Bonchev–Trinajstić information content (AvgIpc) is 3.48. The molecule has 1 N–H and O–H groups in total. The van der Waals surface area contributed by atoms with E-state index >= 15 is 0 Å². The van der Waals surface area contributed by atoms with Crippen molar-refractivity contribution in [1.82, 2.24) is 30.5 Å². The van der Waals surface area contributed by atoms with Crippen LogP contribution in [0.25, 0.3) is 16.6 Å². The number of carbonyl (C=O) groups is 2. The summed E-state index contributed by atoms with van der Waals surface area (Å²) >= 11 is 6.23. The van der Waals surface area contributed by atoms with Crippen LogP contribution < -0.4 is 5.32 Å². The van der Waals surface area contributed by atoms with Crippen molar-refractivity contribution in [2.75, 3.05) is 0 Å². The number of carbonyl (C=O) groups excluding carboxylic acids is 2. The number of Topliss-reactive ketones (excluding diaryl/α,β-unsaturated/α-hetero) is 1. The normalized spacial score (nSPS) is 11.8. The fourth-order valence-corrected chi connectivity index (χ4v) is 4.59. The molecule has 2 aromatic heterocycles. The Morgan fingerprint density at radius 1 is 0.947 bits per heavy atom. The number of para-hydroxylation sites is 1. The predicted octanol–water partition coefficient (Wildman–Crippen LogP) is 4.80. The standard InChI is InChI=1S/C29H25ClN6O2/c30-23-14-16-27(36-19-31-34-35-36)22(18-23)10-6-12-28(37)26(17-20-7-2-1-3-8-20)33-29(38)25-15-13-21-9-4-5-11-24(21)32-25/h1-5,7-9,11,13-16,18-19,26H,6,10,12,17H2,(H,33,38)/t26-/m0/s1. The van der Waals surface area contributed by atoms with Gasteiger partial charge in [0.2, 0.25) is 0 Å². The van der Waals surface area contributed by atoms with Gasteiger partial charge >= 0.3 is 0 Å². The molecular formula is C29H25ClN6O2. The molecule has 0 radical (unpaired) electrons. The van der Waals surface area contributed by atoms with Crippen molar-refractivity contribution < 1.29 is 9.59 Å². The number of hydrogen-bond donors (Lipinski definition) is 1. The number of rotatable bonds is 10. The Hall–Kier alpha value is -4.43. The number of tetrazole rings is 1. The monoisotopic (exact) mass is 524 g/mol. The fourth-order valence-electron chi connectivity index (χ4n) is 4.40. The highest BCUT2D eigenvalue weighted by Gasteiger charge is 2.22. The topological polar surface area (TPSA) is 103 Å². The van der Waals surface area contributed by atoms with Crippen molar-refractivity contribution in [3.05, 3.63) is 113 Å². The van der Waals surface area contributed by atoms with E-state index < -0.39 is 6.04 Å². The minimum atomic E-state index is -0.684. The quantitative estimate of drug-likeness (QED) is 0.281. The van der Waals surface area contributed by atoms with Gasteiger partial charge in [-0.3, -0.25) is 9.59 Å². The highest BCUT2D eigenvalue weighted by molar-refractivity contribution is 6.30. The average molecular weight is 525 g/mol. The van der Waals surface area contributed by atoms with Crippen molar-refractivity contribution in [2.45, 2.75) is 31.7 Å². The van der Waals surface area contributed by atoms with Crippen molar-refractivity contribution in [3.63, 3.8) is 0 Å². The minimum absolute atomic E-state index is 0.0472. The molecule has 0 fully saturated rings. The molecule has 0 saturated carbocycles. The molecule has 5 aromatic rings. The number of amides is 1. The Bertz CT molecular complexity index is 1560. The lowest BCUT2D eigenvalue weighted by molar-refractivity contribution is -0.121. The first-order valence-electron chi connectivity index (χ1n) is 12.3. The van der Waals surface area contributed by atoms with Gasteiger partial charge in [-0.1, -0.05) is 66.2 Å². The lowest BCUT2D eigenvalue weighted by Crippen LogP contribution is -2.42. The summed E-state index contributed by atoms with van der Waals surface area (Å²) in [4.78, 5) is 31.0. The SMILES string of the molecule is O=C(N[C@@H](Cc1ccccc1)C(=O)CCCc1cc(Cl)ccc1-n1cnnn1)c1ccc2ccccc2n1. The number of pyridine rings is 1. The van der Waals surface area contributed by atoms with Crippen molar-refractivity contribution in [1.29, 1.82) is 0 Å². The first-order valence-corrected chi connectivity index (χ1v) is 12.7. The summed E-state index contributed by atoms with van der Waals surface area (Å²) in [6.07, 6.45) is 3.37. The second kappa shape index (κ2) is 11.7. The summed E-state index contributed by atoms with van der Waals surface area (Å²) in [5, 5.41) is 15.9. The lowest BCUT2D eigenvalue weighted by atomic mass is 9.97. The van der Waals surface area contributed by atoms with Crippen LogP contribution in [0, 0.1) is 0 Å². The fraction of sp³-hybridized carbons (Fsp3) is 0.172. The molecule has 5 rings (SSSR count). The first-order chi connectivity index (χ1) is 18.6. The van der Waals surface area contributed by atoms with Crippen LogP contribution in [0.15, 0.2) is 91.3 Å². The number of nitrogens with zero attached hydrogens (tertiary/aromatic N) is 5. The molecule has 3 aromatic carbocycles. The molecule has 0 aliphatic carbocycles. The van der Waals surface area contributed by atoms with E-state index in [1.807, 2.05) is 72.8 Å². The number of ketones is 1. The molecule has 190 valence electrons. The van der Waals surface area contributed by atoms with E-state index in [-0.39, 0.29) is 23.8 Å². The van der Waals surface area contributed by atoms with Crippen LogP contribution in [-0.2, 0) is 17.6 Å². The Labute approximate surface area is 224 Å².